The second-order valence-electron chi connectivity index (χ2n) is 5.53. The summed E-state index contributed by atoms with van der Waals surface area (Å²) in [6, 6.07) is 10.8. The number of aromatic nitrogens is 1. The topological polar surface area (TPSA) is 28.2 Å². The highest BCUT2D eigenvalue weighted by molar-refractivity contribution is 8.00. The van der Waals surface area contributed by atoms with Gasteiger partial charge >= 0.3 is 0 Å². The van der Waals surface area contributed by atoms with Gasteiger partial charge < -0.3 is 10.2 Å². The number of nitrogens with zero attached hydrogens (tertiary/aromatic N) is 2. The number of anilines is 1. The number of para-hydroxylation sites is 1. The van der Waals surface area contributed by atoms with Crippen LogP contribution in [-0.4, -0.2) is 36.1 Å². The van der Waals surface area contributed by atoms with Crippen molar-refractivity contribution in [1.82, 2.24) is 10.3 Å². The molecule has 1 fully saturated rings. The molecule has 1 aliphatic heterocycles. The van der Waals surface area contributed by atoms with E-state index in [-0.39, 0.29) is 0 Å². The van der Waals surface area contributed by atoms with Crippen LogP contribution in [0.4, 0.5) is 5.69 Å². The van der Waals surface area contributed by atoms with Gasteiger partial charge in [-0.15, -0.1) is 0 Å². The van der Waals surface area contributed by atoms with E-state index in [0.29, 0.717) is 0 Å². The summed E-state index contributed by atoms with van der Waals surface area (Å²) in [6.07, 6.45) is 1.24. The van der Waals surface area contributed by atoms with E-state index in [1.165, 1.54) is 23.2 Å². The first-order chi connectivity index (χ1) is 10.3. The Bertz CT molecular complexity index is 614. The molecule has 3 nitrogen and oxygen atoms in total. The highest BCUT2D eigenvalue weighted by Gasteiger charge is 2.21. The molecule has 3 rings (SSSR count). The van der Waals surface area contributed by atoms with Crippen molar-refractivity contribution in [3.63, 3.8) is 0 Å². The van der Waals surface area contributed by atoms with Crippen molar-refractivity contribution in [2.75, 3.05) is 30.8 Å². The van der Waals surface area contributed by atoms with Gasteiger partial charge in [-0.1, -0.05) is 25.1 Å². The summed E-state index contributed by atoms with van der Waals surface area (Å²) in [4.78, 5) is 7.31. The van der Waals surface area contributed by atoms with Crippen LogP contribution >= 0.6 is 11.8 Å². The minimum absolute atomic E-state index is 0.749. The summed E-state index contributed by atoms with van der Waals surface area (Å²) < 4.78 is 0. The Morgan fingerprint density at radius 1 is 1.38 bits per heavy atom. The molecule has 112 valence electrons. The van der Waals surface area contributed by atoms with Gasteiger partial charge in [0.15, 0.2) is 0 Å². The number of rotatable bonds is 4. The lowest BCUT2D eigenvalue weighted by Gasteiger charge is -2.34. The first kappa shape index (κ1) is 14.7. The minimum atomic E-state index is 0.749. The zero-order valence-corrected chi connectivity index (χ0v) is 13.6. The largest absolute Gasteiger partial charge is 0.369 e. The van der Waals surface area contributed by atoms with Crippen molar-refractivity contribution in [3.05, 3.63) is 36.0 Å². The summed E-state index contributed by atoms with van der Waals surface area (Å²) in [5.41, 5.74) is 3.58. The van der Waals surface area contributed by atoms with Gasteiger partial charge in [-0.2, -0.15) is 11.8 Å². The standard InChI is InChI=1S/C17H23N3S/c1-3-14-12-20(8-9-21-14)17-10-13(11-18-2)19-16-7-5-4-6-15(16)17/h4-7,10,14,18H,3,8-9,11-12H2,1-2H3. The maximum atomic E-state index is 4.77. The third kappa shape index (κ3) is 3.16. The minimum Gasteiger partial charge on any atom is -0.369 e. The van der Waals surface area contributed by atoms with Gasteiger partial charge in [0, 0.05) is 41.7 Å². The van der Waals surface area contributed by atoms with Crippen LogP contribution < -0.4 is 10.2 Å². The summed E-state index contributed by atoms with van der Waals surface area (Å²) in [5, 5.41) is 5.24. The zero-order valence-electron chi connectivity index (χ0n) is 12.8. The third-order valence-corrected chi connectivity index (χ3v) is 5.41. The molecule has 1 saturated heterocycles. The Labute approximate surface area is 131 Å². The number of pyridine rings is 1. The number of hydrogen-bond donors (Lipinski definition) is 1. The molecule has 1 unspecified atom stereocenters. The summed E-state index contributed by atoms with van der Waals surface area (Å²) in [6.45, 7) is 5.39. The van der Waals surface area contributed by atoms with Crippen LogP contribution in [0.1, 0.15) is 19.0 Å². The molecule has 1 atom stereocenters. The molecule has 2 aromatic rings. The van der Waals surface area contributed by atoms with E-state index >= 15 is 0 Å². The smallest absolute Gasteiger partial charge is 0.0726 e. The number of hydrogen-bond acceptors (Lipinski definition) is 4. The van der Waals surface area contributed by atoms with E-state index in [0.717, 1.165) is 36.1 Å². The van der Waals surface area contributed by atoms with E-state index in [9.17, 15) is 0 Å². The van der Waals surface area contributed by atoms with Crippen LogP contribution in [0.2, 0.25) is 0 Å². The second kappa shape index (κ2) is 6.67. The van der Waals surface area contributed by atoms with E-state index in [1.54, 1.807) is 0 Å². The fourth-order valence-corrected chi connectivity index (χ4v) is 4.11. The van der Waals surface area contributed by atoms with Crippen molar-refractivity contribution >= 4 is 28.4 Å². The molecule has 21 heavy (non-hydrogen) atoms. The quantitative estimate of drug-likeness (QED) is 0.938. The predicted octanol–water partition coefficient (Wildman–Crippen LogP) is 3.29. The van der Waals surface area contributed by atoms with Gasteiger partial charge in [-0.25, -0.2) is 0 Å². The van der Waals surface area contributed by atoms with Crippen LogP contribution in [-0.2, 0) is 6.54 Å². The first-order valence-corrected chi connectivity index (χ1v) is 8.76. The number of nitrogens with one attached hydrogen (secondary N) is 1. The fraction of sp³-hybridized carbons (Fsp3) is 0.471. The Kier molecular flexibility index (Phi) is 4.66. The van der Waals surface area contributed by atoms with Crippen molar-refractivity contribution in [3.8, 4) is 0 Å². The monoisotopic (exact) mass is 301 g/mol. The van der Waals surface area contributed by atoms with Crippen LogP contribution in [0.5, 0.6) is 0 Å². The van der Waals surface area contributed by atoms with Gasteiger partial charge in [0.2, 0.25) is 0 Å². The molecule has 1 aliphatic rings. The number of thioether (sulfide) groups is 1. The SMILES string of the molecule is CCC1CN(c2cc(CNC)nc3ccccc23)CCS1. The number of benzene rings is 1. The normalized spacial score (nSPS) is 19.1. The van der Waals surface area contributed by atoms with Gasteiger partial charge in [-0.05, 0) is 25.6 Å². The Morgan fingerprint density at radius 2 is 2.24 bits per heavy atom. The molecule has 1 aromatic heterocycles. The van der Waals surface area contributed by atoms with Crippen molar-refractivity contribution in [1.29, 1.82) is 0 Å². The van der Waals surface area contributed by atoms with Crippen LogP contribution in [0, 0.1) is 0 Å². The molecule has 0 spiro atoms. The molecule has 1 N–H and O–H groups in total. The average Bonchev–Trinajstić information content (AvgIpc) is 2.54. The molecule has 0 amide bonds. The van der Waals surface area contributed by atoms with E-state index in [2.05, 4.69) is 59.2 Å². The zero-order chi connectivity index (χ0) is 14.7. The molecule has 0 saturated carbocycles. The molecule has 0 radical (unpaired) electrons. The molecule has 4 heteroatoms. The Hall–Kier alpha value is -1.26. The van der Waals surface area contributed by atoms with Crippen molar-refractivity contribution in [2.24, 2.45) is 0 Å². The molecule has 0 bridgehead atoms. The number of fused-ring (bicyclic) bond motifs is 1. The maximum Gasteiger partial charge on any atom is 0.0726 e. The van der Waals surface area contributed by atoms with Crippen LogP contribution in [0.3, 0.4) is 0 Å². The molecule has 1 aromatic carbocycles. The lowest BCUT2D eigenvalue weighted by atomic mass is 10.1. The summed E-state index contributed by atoms with van der Waals surface area (Å²) in [7, 11) is 1.97. The highest BCUT2D eigenvalue weighted by atomic mass is 32.2. The first-order valence-electron chi connectivity index (χ1n) is 7.71. The Balaban J connectivity index is 2.02. The van der Waals surface area contributed by atoms with Crippen molar-refractivity contribution < 1.29 is 0 Å². The third-order valence-electron chi connectivity index (χ3n) is 4.04. The predicted molar refractivity (Wildman–Crippen MR) is 93.3 cm³/mol. The highest BCUT2D eigenvalue weighted by Crippen LogP contribution is 2.31. The lowest BCUT2D eigenvalue weighted by Crippen LogP contribution is -2.37. The molecule has 0 aliphatic carbocycles. The van der Waals surface area contributed by atoms with Gasteiger partial charge in [0.1, 0.15) is 0 Å². The Morgan fingerprint density at radius 3 is 3.05 bits per heavy atom. The van der Waals surface area contributed by atoms with Crippen LogP contribution in [0.25, 0.3) is 10.9 Å². The van der Waals surface area contributed by atoms with Gasteiger partial charge in [0.25, 0.3) is 0 Å². The molecule has 2 heterocycles. The van der Waals surface area contributed by atoms with Crippen molar-refractivity contribution in [2.45, 2.75) is 25.1 Å². The molecular weight excluding hydrogens is 278 g/mol. The summed E-state index contributed by atoms with van der Waals surface area (Å²) >= 11 is 2.11. The maximum absolute atomic E-state index is 4.77. The van der Waals surface area contributed by atoms with E-state index < -0.39 is 0 Å². The molecular formula is C17H23N3S. The lowest BCUT2D eigenvalue weighted by molar-refractivity contribution is 0.727. The van der Waals surface area contributed by atoms with Gasteiger partial charge in [-0.3, -0.25) is 4.98 Å². The van der Waals surface area contributed by atoms with Crippen LogP contribution in [0.15, 0.2) is 30.3 Å². The van der Waals surface area contributed by atoms with E-state index in [1.807, 2.05) is 7.05 Å². The average molecular weight is 301 g/mol. The fourth-order valence-electron chi connectivity index (χ4n) is 2.93. The second-order valence-corrected chi connectivity index (χ2v) is 6.94. The summed E-state index contributed by atoms with van der Waals surface area (Å²) in [5.74, 6) is 1.22. The van der Waals surface area contributed by atoms with E-state index in [4.69, 9.17) is 4.98 Å². The van der Waals surface area contributed by atoms with Gasteiger partial charge in [0.05, 0.1) is 11.2 Å².